The van der Waals surface area contributed by atoms with Crippen LogP contribution in [0.25, 0.3) is 0 Å². The summed E-state index contributed by atoms with van der Waals surface area (Å²) in [6.07, 6.45) is 4.55. The summed E-state index contributed by atoms with van der Waals surface area (Å²) in [4.78, 5) is 23.8. The van der Waals surface area contributed by atoms with Gasteiger partial charge in [0.15, 0.2) is 5.96 Å². The number of halogens is 1. The number of ether oxygens (including phenoxy) is 1. The van der Waals surface area contributed by atoms with Crippen LogP contribution < -0.4 is 10.6 Å². The van der Waals surface area contributed by atoms with E-state index in [0.717, 1.165) is 56.4 Å². The van der Waals surface area contributed by atoms with Crippen LogP contribution in [-0.2, 0) is 11.2 Å². The van der Waals surface area contributed by atoms with E-state index in [9.17, 15) is 4.79 Å². The number of rotatable bonds is 5. The molecule has 1 aliphatic heterocycles. The van der Waals surface area contributed by atoms with Crippen LogP contribution in [0, 0.1) is 12.8 Å². The van der Waals surface area contributed by atoms with Gasteiger partial charge in [-0.3, -0.25) is 4.99 Å². The lowest BCUT2D eigenvalue weighted by molar-refractivity contribution is 0.0185. The third-order valence-corrected chi connectivity index (χ3v) is 5.32. The molecule has 1 fully saturated rings. The van der Waals surface area contributed by atoms with Gasteiger partial charge in [0, 0.05) is 50.7 Å². The number of hydrogen-bond acceptors (Lipinski definition) is 5. The summed E-state index contributed by atoms with van der Waals surface area (Å²) in [6.45, 7) is 10.9. The van der Waals surface area contributed by atoms with Gasteiger partial charge in [-0.25, -0.2) is 9.78 Å². The summed E-state index contributed by atoms with van der Waals surface area (Å²) in [5.41, 5.74) is -0.440. The van der Waals surface area contributed by atoms with E-state index in [1.165, 1.54) is 4.88 Å². The maximum atomic E-state index is 12.1. The third kappa shape index (κ3) is 8.93. The molecule has 1 amide bonds. The lowest BCUT2D eigenvalue weighted by atomic mass is 9.97. The molecule has 2 N–H and O–H groups in total. The summed E-state index contributed by atoms with van der Waals surface area (Å²) in [7, 11) is 1.79. The monoisotopic (exact) mass is 523 g/mol. The van der Waals surface area contributed by atoms with Gasteiger partial charge in [0.1, 0.15) is 5.60 Å². The van der Waals surface area contributed by atoms with Crippen LogP contribution in [0.15, 0.2) is 11.2 Å². The number of carbonyl (C=O) groups is 1. The number of nitrogens with zero attached hydrogens (tertiary/aromatic N) is 3. The summed E-state index contributed by atoms with van der Waals surface area (Å²) in [5, 5.41) is 7.88. The molecular weight excluding hydrogens is 489 g/mol. The highest BCUT2D eigenvalue weighted by Gasteiger charge is 2.26. The van der Waals surface area contributed by atoms with Crippen LogP contribution in [0.5, 0.6) is 0 Å². The quantitative estimate of drug-likeness (QED) is 0.352. The van der Waals surface area contributed by atoms with Gasteiger partial charge in [0.25, 0.3) is 0 Å². The first kappa shape index (κ1) is 24.9. The maximum absolute atomic E-state index is 12.1. The summed E-state index contributed by atoms with van der Waals surface area (Å²) < 4.78 is 5.45. The van der Waals surface area contributed by atoms with E-state index < -0.39 is 5.60 Å². The molecule has 0 spiro atoms. The molecular formula is C19H34IN5O2S. The van der Waals surface area contributed by atoms with Crippen molar-refractivity contribution >= 4 is 47.4 Å². The fraction of sp³-hybridized carbons (Fsp3) is 0.737. The first-order valence-corrected chi connectivity index (χ1v) is 10.4. The first-order valence-electron chi connectivity index (χ1n) is 9.60. The van der Waals surface area contributed by atoms with Gasteiger partial charge < -0.3 is 20.3 Å². The lowest BCUT2D eigenvalue weighted by Crippen LogP contribution is -2.45. The molecule has 1 aromatic rings. The van der Waals surface area contributed by atoms with Crippen LogP contribution in [0.1, 0.15) is 43.5 Å². The van der Waals surface area contributed by atoms with Crippen LogP contribution in [-0.4, -0.2) is 60.8 Å². The Hall–Kier alpha value is -1.10. The molecule has 160 valence electrons. The molecule has 0 aromatic carbocycles. The molecule has 1 saturated heterocycles. The summed E-state index contributed by atoms with van der Waals surface area (Å²) >= 11 is 1.73. The molecule has 0 radical (unpaired) electrons. The van der Waals surface area contributed by atoms with Gasteiger partial charge in [0.2, 0.25) is 0 Å². The van der Waals surface area contributed by atoms with E-state index in [2.05, 4.69) is 27.5 Å². The van der Waals surface area contributed by atoms with Crippen LogP contribution >= 0.6 is 35.3 Å². The van der Waals surface area contributed by atoms with Gasteiger partial charge in [-0.2, -0.15) is 0 Å². The average Bonchev–Trinajstić information content (AvgIpc) is 3.02. The smallest absolute Gasteiger partial charge is 0.410 e. The molecule has 2 rings (SSSR count). The Morgan fingerprint density at radius 1 is 1.36 bits per heavy atom. The zero-order chi connectivity index (χ0) is 19.9. The van der Waals surface area contributed by atoms with Crippen molar-refractivity contribution in [3.8, 4) is 0 Å². The molecule has 2 heterocycles. The van der Waals surface area contributed by atoms with Gasteiger partial charge in [-0.1, -0.05) is 0 Å². The molecule has 1 aliphatic rings. The fourth-order valence-electron chi connectivity index (χ4n) is 2.91. The van der Waals surface area contributed by atoms with E-state index in [0.29, 0.717) is 5.92 Å². The van der Waals surface area contributed by atoms with Crippen LogP contribution in [0.3, 0.4) is 0 Å². The summed E-state index contributed by atoms with van der Waals surface area (Å²) in [5.74, 6) is 1.35. The minimum absolute atomic E-state index is 0. The molecule has 1 aromatic heterocycles. The Kier molecular flexibility index (Phi) is 10.5. The van der Waals surface area contributed by atoms with Crippen molar-refractivity contribution in [3.05, 3.63) is 16.1 Å². The SMILES string of the molecule is CN=C(NCCc1ncc(C)s1)NCC1CCN(C(=O)OC(C)(C)C)CC1.I. The highest BCUT2D eigenvalue weighted by molar-refractivity contribution is 14.0. The Morgan fingerprint density at radius 2 is 2.04 bits per heavy atom. The van der Waals surface area contributed by atoms with Gasteiger partial charge in [-0.15, -0.1) is 35.3 Å². The Bertz CT molecular complexity index is 637. The predicted molar refractivity (Wildman–Crippen MR) is 126 cm³/mol. The van der Waals surface area contributed by atoms with Crippen molar-refractivity contribution in [2.45, 2.75) is 52.6 Å². The normalized spacial score (nSPS) is 15.8. The zero-order valence-corrected chi connectivity index (χ0v) is 20.7. The number of hydrogen-bond donors (Lipinski definition) is 2. The second-order valence-corrected chi connectivity index (χ2v) is 9.22. The number of nitrogens with one attached hydrogen (secondary N) is 2. The van der Waals surface area contributed by atoms with Crippen molar-refractivity contribution in [2.75, 3.05) is 33.2 Å². The molecule has 9 heteroatoms. The van der Waals surface area contributed by atoms with E-state index >= 15 is 0 Å². The van der Waals surface area contributed by atoms with Gasteiger partial charge in [0.05, 0.1) is 5.01 Å². The fourth-order valence-corrected chi connectivity index (χ4v) is 3.70. The number of aliphatic imine (C=N–C) groups is 1. The number of guanidine groups is 1. The zero-order valence-electron chi connectivity index (χ0n) is 17.6. The number of aromatic nitrogens is 1. The second kappa shape index (κ2) is 11.8. The first-order chi connectivity index (χ1) is 12.8. The second-order valence-electron chi connectivity index (χ2n) is 7.91. The molecule has 0 unspecified atom stereocenters. The molecule has 0 aliphatic carbocycles. The number of likely N-dealkylation sites (tertiary alicyclic amines) is 1. The number of carbonyl (C=O) groups excluding carboxylic acids is 1. The minimum atomic E-state index is -0.440. The van der Waals surface area contributed by atoms with E-state index in [1.807, 2.05) is 31.9 Å². The van der Waals surface area contributed by atoms with E-state index in [1.54, 1.807) is 18.4 Å². The van der Waals surface area contributed by atoms with Crippen LogP contribution in [0.2, 0.25) is 0 Å². The number of thiazole rings is 1. The highest BCUT2D eigenvalue weighted by atomic mass is 127. The number of aryl methyl sites for hydroxylation is 1. The molecule has 28 heavy (non-hydrogen) atoms. The topological polar surface area (TPSA) is 78.9 Å². The standard InChI is InChI=1S/C19H33N5O2S.HI/c1-14-12-22-16(27-14)6-9-21-17(20-5)23-13-15-7-10-24(11-8-15)18(25)26-19(2,3)4;/h12,15H,6-11,13H2,1-5H3,(H2,20,21,23);1H. The lowest BCUT2D eigenvalue weighted by Gasteiger charge is -2.33. The highest BCUT2D eigenvalue weighted by Crippen LogP contribution is 2.19. The number of amides is 1. The van der Waals surface area contributed by atoms with Gasteiger partial charge in [-0.05, 0) is 46.5 Å². The Labute approximate surface area is 189 Å². The predicted octanol–water partition coefficient (Wildman–Crippen LogP) is 3.42. The Balaban J connectivity index is 0.00000392. The largest absolute Gasteiger partial charge is 0.444 e. The maximum Gasteiger partial charge on any atom is 0.410 e. The van der Waals surface area contributed by atoms with Crippen molar-refractivity contribution in [1.82, 2.24) is 20.5 Å². The molecule has 7 nitrogen and oxygen atoms in total. The van der Waals surface area contributed by atoms with Crippen molar-refractivity contribution in [3.63, 3.8) is 0 Å². The van der Waals surface area contributed by atoms with Crippen molar-refractivity contribution < 1.29 is 9.53 Å². The van der Waals surface area contributed by atoms with Crippen LogP contribution in [0.4, 0.5) is 4.79 Å². The molecule has 0 saturated carbocycles. The average molecular weight is 523 g/mol. The van der Waals surface area contributed by atoms with E-state index in [-0.39, 0.29) is 30.1 Å². The minimum Gasteiger partial charge on any atom is -0.444 e. The third-order valence-electron chi connectivity index (χ3n) is 4.35. The number of piperidine rings is 1. The molecule has 0 atom stereocenters. The Morgan fingerprint density at radius 3 is 2.57 bits per heavy atom. The molecule has 0 bridgehead atoms. The summed E-state index contributed by atoms with van der Waals surface area (Å²) in [6, 6.07) is 0. The van der Waals surface area contributed by atoms with E-state index in [4.69, 9.17) is 4.74 Å². The van der Waals surface area contributed by atoms with Gasteiger partial charge >= 0.3 is 6.09 Å². The van der Waals surface area contributed by atoms with Crippen molar-refractivity contribution in [1.29, 1.82) is 0 Å². The van der Waals surface area contributed by atoms with Crippen molar-refractivity contribution in [2.24, 2.45) is 10.9 Å².